The van der Waals surface area contributed by atoms with Crippen LogP contribution in [-0.4, -0.2) is 34.6 Å². The minimum Gasteiger partial charge on any atom is -0.383 e. The van der Waals surface area contributed by atoms with Crippen molar-refractivity contribution in [1.82, 2.24) is 0 Å². The fourth-order valence-corrected chi connectivity index (χ4v) is 3.93. The second-order valence-corrected chi connectivity index (χ2v) is 7.62. The van der Waals surface area contributed by atoms with Crippen LogP contribution in [0, 0.1) is 5.82 Å². The fraction of sp³-hybridized carbons (Fsp3) is 0.278. The lowest BCUT2D eigenvalue weighted by atomic mass is 10.0. The summed E-state index contributed by atoms with van der Waals surface area (Å²) in [6, 6.07) is 9.68. The van der Waals surface area contributed by atoms with Crippen LogP contribution in [0.1, 0.15) is 12.0 Å². The van der Waals surface area contributed by atoms with Gasteiger partial charge in [-0.05, 0) is 54.4 Å². The van der Waals surface area contributed by atoms with E-state index in [0.717, 1.165) is 23.4 Å². The molecule has 6 nitrogen and oxygen atoms in total. The van der Waals surface area contributed by atoms with Gasteiger partial charge in [-0.25, -0.2) is 12.8 Å². The Morgan fingerprint density at radius 2 is 1.88 bits per heavy atom. The van der Waals surface area contributed by atoms with E-state index in [-0.39, 0.29) is 10.8 Å². The van der Waals surface area contributed by atoms with Gasteiger partial charge in [0.2, 0.25) is 5.91 Å². The Hall–Kier alpha value is -2.45. The van der Waals surface area contributed by atoms with E-state index < -0.39 is 15.8 Å². The van der Waals surface area contributed by atoms with E-state index in [0.29, 0.717) is 31.7 Å². The third kappa shape index (κ3) is 3.86. The van der Waals surface area contributed by atoms with Gasteiger partial charge in [-0.3, -0.25) is 9.52 Å². The predicted octanol–water partition coefficient (Wildman–Crippen LogP) is 2.55. The average Bonchev–Trinajstić information content (AvgIpc) is 2.61. The van der Waals surface area contributed by atoms with Crippen molar-refractivity contribution in [3.63, 3.8) is 0 Å². The van der Waals surface area contributed by atoms with Gasteiger partial charge < -0.3 is 9.64 Å². The number of sulfonamides is 1. The molecule has 138 valence electrons. The van der Waals surface area contributed by atoms with E-state index in [1.807, 2.05) is 0 Å². The van der Waals surface area contributed by atoms with E-state index in [9.17, 15) is 17.6 Å². The number of methoxy groups -OCH3 is 1. The number of amides is 1. The van der Waals surface area contributed by atoms with Gasteiger partial charge in [0.1, 0.15) is 5.82 Å². The minimum absolute atomic E-state index is 0.0199. The number of benzene rings is 2. The summed E-state index contributed by atoms with van der Waals surface area (Å²) in [7, 11) is -2.24. The highest BCUT2D eigenvalue weighted by atomic mass is 32.2. The number of nitrogens with one attached hydrogen (secondary N) is 1. The fourth-order valence-electron chi connectivity index (χ4n) is 2.88. The van der Waals surface area contributed by atoms with Gasteiger partial charge in [0.15, 0.2) is 0 Å². The first kappa shape index (κ1) is 18.3. The minimum atomic E-state index is -3.81. The molecule has 0 bridgehead atoms. The molecular formula is C18H19FN2O4S. The number of anilines is 2. The normalized spacial score (nSPS) is 14.2. The molecule has 1 aliphatic rings. The Kier molecular flexibility index (Phi) is 5.24. The van der Waals surface area contributed by atoms with E-state index in [4.69, 9.17) is 4.74 Å². The molecular weight excluding hydrogens is 359 g/mol. The molecule has 0 aromatic heterocycles. The van der Waals surface area contributed by atoms with Crippen LogP contribution in [0.25, 0.3) is 0 Å². The first-order valence-electron chi connectivity index (χ1n) is 8.11. The number of fused-ring (bicyclic) bond motifs is 1. The van der Waals surface area contributed by atoms with Crippen molar-refractivity contribution in [2.75, 3.05) is 29.9 Å². The molecule has 2 aromatic carbocycles. The van der Waals surface area contributed by atoms with Crippen LogP contribution in [0.5, 0.6) is 0 Å². The molecule has 0 spiro atoms. The van der Waals surface area contributed by atoms with Crippen LogP contribution >= 0.6 is 0 Å². The van der Waals surface area contributed by atoms with Gasteiger partial charge in [-0.1, -0.05) is 0 Å². The molecule has 2 aromatic rings. The SMILES string of the molecule is COCCN1C(=O)CCc2cc(NS(=O)(=O)c3ccc(F)cc3)ccc21. The van der Waals surface area contributed by atoms with Crippen molar-refractivity contribution in [1.29, 1.82) is 0 Å². The van der Waals surface area contributed by atoms with Crippen LogP contribution in [-0.2, 0) is 26.0 Å². The summed E-state index contributed by atoms with van der Waals surface area (Å²) < 4.78 is 45.4. The Bertz CT molecular complexity index is 913. The summed E-state index contributed by atoms with van der Waals surface area (Å²) in [5.74, 6) is -0.479. The number of aryl methyl sites for hydroxylation is 1. The molecule has 0 saturated carbocycles. The quantitative estimate of drug-likeness (QED) is 0.838. The van der Waals surface area contributed by atoms with E-state index in [1.54, 1.807) is 30.2 Å². The number of carbonyl (C=O) groups excluding carboxylic acids is 1. The van der Waals surface area contributed by atoms with Crippen molar-refractivity contribution in [3.05, 3.63) is 53.8 Å². The highest BCUT2D eigenvalue weighted by Gasteiger charge is 2.24. The highest BCUT2D eigenvalue weighted by molar-refractivity contribution is 7.92. The van der Waals surface area contributed by atoms with Crippen LogP contribution < -0.4 is 9.62 Å². The summed E-state index contributed by atoms with van der Waals surface area (Å²) >= 11 is 0. The molecule has 0 fully saturated rings. The lowest BCUT2D eigenvalue weighted by molar-refractivity contribution is -0.119. The average molecular weight is 378 g/mol. The third-order valence-corrected chi connectivity index (χ3v) is 5.57. The maximum absolute atomic E-state index is 13.0. The predicted molar refractivity (Wildman–Crippen MR) is 96.2 cm³/mol. The molecule has 0 radical (unpaired) electrons. The van der Waals surface area contributed by atoms with Crippen molar-refractivity contribution in [3.8, 4) is 0 Å². The van der Waals surface area contributed by atoms with Crippen molar-refractivity contribution in [2.24, 2.45) is 0 Å². The molecule has 0 atom stereocenters. The van der Waals surface area contributed by atoms with Crippen LogP contribution in [0.4, 0.5) is 15.8 Å². The van der Waals surface area contributed by atoms with E-state index in [1.165, 1.54) is 12.1 Å². The van der Waals surface area contributed by atoms with Crippen LogP contribution in [0.3, 0.4) is 0 Å². The Morgan fingerprint density at radius 1 is 1.15 bits per heavy atom. The van der Waals surface area contributed by atoms with E-state index in [2.05, 4.69) is 4.72 Å². The molecule has 0 unspecified atom stereocenters. The van der Waals surface area contributed by atoms with E-state index >= 15 is 0 Å². The number of halogens is 1. The Labute approximate surface area is 151 Å². The number of nitrogens with zero attached hydrogens (tertiary/aromatic N) is 1. The van der Waals surface area contributed by atoms with Crippen molar-refractivity contribution < 1.29 is 22.3 Å². The number of hydrogen-bond acceptors (Lipinski definition) is 4. The van der Waals surface area contributed by atoms with Gasteiger partial charge in [-0.2, -0.15) is 0 Å². The smallest absolute Gasteiger partial charge is 0.261 e. The summed E-state index contributed by atoms with van der Waals surface area (Å²) in [5.41, 5.74) is 2.05. The van der Waals surface area contributed by atoms with Gasteiger partial charge in [0, 0.05) is 31.5 Å². The van der Waals surface area contributed by atoms with Crippen molar-refractivity contribution in [2.45, 2.75) is 17.7 Å². The summed E-state index contributed by atoms with van der Waals surface area (Å²) in [6.07, 6.45) is 0.911. The lowest BCUT2D eigenvalue weighted by Gasteiger charge is -2.29. The highest BCUT2D eigenvalue weighted by Crippen LogP contribution is 2.31. The third-order valence-electron chi connectivity index (χ3n) is 4.17. The summed E-state index contributed by atoms with van der Waals surface area (Å²) in [6.45, 7) is 0.868. The second-order valence-electron chi connectivity index (χ2n) is 5.94. The molecule has 26 heavy (non-hydrogen) atoms. The Balaban J connectivity index is 1.85. The number of hydrogen-bond donors (Lipinski definition) is 1. The molecule has 3 rings (SSSR count). The lowest BCUT2D eigenvalue weighted by Crippen LogP contribution is -2.37. The topological polar surface area (TPSA) is 75.7 Å². The monoisotopic (exact) mass is 378 g/mol. The second kappa shape index (κ2) is 7.43. The first-order chi connectivity index (χ1) is 12.4. The zero-order chi connectivity index (χ0) is 18.7. The van der Waals surface area contributed by atoms with Gasteiger partial charge in [0.25, 0.3) is 10.0 Å². The zero-order valence-corrected chi connectivity index (χ0v) is 15.1. The van der Waals surface area contributed by atoms with Crippen molar-refractivity contribution >= 4 is 27.3 Å². The molecule has 0 aliphatic carbocycles. The van der Waals surface area contributed by atoms with Crippen LogP contribution in [0.15, 0.2) is 47.4 Å². The maximum atomic E-state index is 13.0. The first-order valence-corrected chi connectivity index (χ1v) is 9.59. The molecule has 0 saturated heterocycles. The molecule has 8 heteroatoms. The zero-order valence-electron chi connectivity index (χ0n) is 14.2. The van der Waals surface area contributed by atoms with Gasteiger partial charge in [0.05, 0.1) is 11.5 Å². The Morgan fingerprint density at radius 3 is 2.58 bits per heavy atom. The summed E-state index contributed by atoms with van der Waals surface area (Å²) in [5, 5.41) is 0. The number of ether oxygens (including phenoxy) is 1. The maximum Gasteiger partial charge on any atom is 0.261 e. The number of carbonyl (C=O) groups is 1. The largest absolute Gasteiger partial charge is 0.383 e. The van der Waals surface area contributed by atoms with Gasteiger partial charge >= 0.3 is 0 Å². The molecule has 1 amide bonds. The molecule has 1 N–H and O–H groups in total. The number of rotatable bonds is 6. The molecule has 1 heterocycles. The van der Waals surface area contributed by atoms with Gasteiger partial charge in [-0.15, -0.1) is 0 Å². The summed E-state index contributed by atoms with van der Waals surface area (Å²) in [4.78, 5) is 13.8. The standard InChI is InChI=1S/C18H19FN2O4S/c1-25-11-10-21-17-8-5-15(12-13(17)2-9-18(21)22)20-26(23,24)16-6-3-14(19)4-7-16/h3-8,12,20H,2,9-11H2,1H3. The van der Waals surface area contributed by atoms with Crippen LogP contribution in [0.2, 0.25) is 0 Å². The molecule has 1 aliphatic heterocycles.